The molecule has 8 heteroatoms. The maximum atomic E-state index is 12.8. The van der Waals surface area contributed by atoms with E-state index in [-0.39, 0.29) is 5.56 Å². The quantitative estimate of drug-likeness (QED) is 0.692. The Bertz CT molecular complexity index is 1040. The largest absolute Gasteiger partial charge is 0.342 e. The van der Waals surface area contributed by atoms with Gasteiger partial charge < -0.3 is 14.4 Å². The minimum atomic E-state index is -0.109. The first-order valence-electron chi connectivity index (χ1n) is 9.14. The molecular formula is C19H20N6OS. The Labute approximate surface area is 160 Å². The van der Waals surface area contributed by atoms with E-state index in [0.29, 0.717) is 6.54 Å². The lowest BCUT2D eigenvalue weighted by Gasteiger charge is -2.29. The van der Waals surface area contributed by atoms with Crippen LogP contribution in [0.2, 0.25) is 0 Å². The third-order valence-corrected chi connectivity index (χ3v) is 6.21. The molecule has 0 N–H and O–H groups in total. The molecular weight excluding hydrogens is 360 g/mol. The third-order valence-electron chi connectivity index (χ3n) is 5.46. The number of aryl methyl sites for hydroxylation is 1. The van der Waals surface area contributed by atoms with Crippen LogP contribution in [0.3, 0.4) is 0 Å². The van der Waals surface area contributed by atoms with E-state index in [2.05, 4.69) is 60.7 Å². The molecule has 0 amide bonds. The molecule has 2 aromatic heterocycles. The molecule has 0 fully saturated rings. The highest BCUT2D eigenvalue weighted by Gasteiger charge is 2.30. The van der Waals surface area contributed by atoms with Gasteiger partial charge in [-0.05, 0) is 18.1 Å². The maximum Gasteiger partial charge on any atom is 0.279 e. The Morgan fingerprint density at radius 2 is 2.07 bits per heavy atom. The molecule has 0 spiro atoms. The van der Waals surface area contributed by atoms with Gasteiger partial charge in [-0.25, -0.2) is 0 Å². The van der Waals surface area contributed by atoms with Crippen molar-refractivity contribution in [3.63, 3.8) is 0 Å². The fourth-order valence-electron chi connectivity index (χ4n) is 3.99. The van der Waals surface area contributed by atoms with Crippen LogP contribution in [0.4, 0.5) is 11.1 Å². The van der Waals surface area contributed by atoms with Gasteiger partial charge in [0.05, 0.1) is 12.1 Å². The first kappa shape index (κ1) is 16.4. The van der Waals surface area contributed by atoms with Crippen molar-refractivity contribution in [2.24, 2.45) is 0 Å². The number of rotatable bonds is 3. The highest BCUT2D eigenvalue weighted by molar-refractivity contribution is 7.13. The molecule has 7 nitrogen and oxygen atoms in total. The van der Waals surface area contributed by atoms with Gasteiger partial charge in [-0.15, -0.1) is 10.2 Å². The molecule has 0 saturated carbocycles. The molecule has 4 heterocycles. The fraction of sp³-hybridized carbons (Fsp3) is 0.368. The lowest BCUT2D eigenvalue weighted by Crippen LogP contribution is -2.37. The van der Waals surface area contributed by atoms with Gasteiger partial charge in [0.2, 0.25) is 11.1 Å². The van der Waals surface area contributed by atoms with E-state index < -0.39 is 0 Å². The number of fused-ring (bicyclic) bond motifs is 3. The molecule has 1 aromatic carbocycles. The smallest absolute Gasteiger partial charge is 0.279 e. The summed E-state index contributed by atoms with van der Waals surface area (Å²) in [4.78, 5) is 21.6. The summed E-state index contributed by atoms with van der Waals surface area (Å²) in [5.41, 5.74) is 6.10. The third kappa shape index (κ3) is 2.80. The van der Waals surface area contributed by atoms with Crippen molar-refractivity contribution in [3.05, 3.63) is 62.5 Å². The monoisotopic (exact) mass is 380 g/mol. The topological polar surface area (TPSA) is 67.2 Å². The van der Waals surface area contributed by atoms with Gasteiger partial charge in [0.1, 0.15) is 5.51 Å². The Kier molecular flexibility index (Phi) is 3.93. The zero-order valence-electron chi connectivity index (χ0n) is 15.1. The first-order chi connectivity index (χ1) is 13.2. The van der Waals surface area contributed by atoms with E-state index in [1.807, 2.05) is 0 Å². The minimum absolute atomic E-state index is 0.109. The Morgan fingerprint density at radius 1 is 1.19 bits per heavy atom. The highest BCUT2D eigenvalue weighted by atomic mass is 32.1. The van der Waals surface area contributed by atoms with Crippen molar-refractivity contribution in [3.8, 4) is 0 Å². The zero-order chi connectivity index (χ0) is 18.4. The van der Waals surface area contributed by atoms with Crippen molar-refractivity contribution in [1.82, 2.24) is 19.7 Å². The molecule has 0 bridgehead atoms. The number of nitrogens with zero attached hydrogens (tertiary/aromatic N) is 6. The van der Waals surface area contributed by atoms with Gasteiger partial charge in [-0.1, -0.05) is 35.6 Å². The van der Waals surface area contributed by atoms with Crippen molar-refractivity contribution in [2.75, 3.05) is 22.9 Å². The van der Waals surface area contributed by atoms with Crippen LogP contribution in [0.25, 0.3) is 0 Å². The van der Waals surface area contributed by atoms with Crippen LogP contribution in [0, 0.1) is 6.92 Å². The average molecular weight is 380 g/mol. The second-order valence-corrected chi connectivity index (χ2v) is 7.85. The molecule has 0 aliphatic carbocycles. The Hall–Kier alpha value is -2.74. The van der Waals surface area contributed by atoms with Gasteiger partial charge in [0.15, 0.2) is 0 Å². The van der Waals surface area contributed by atoms with Gasteiger partial charge in [0.25, 0.3) is 5.56 Å². The molecule has 2 aliphatic rings. The fourth-order valence-corrected chi connectivity index (χ4v) is 4.58. The summed E-state index contributed by atoms with van der Waals surface area (Å²) < 4.78 is 2.24. The molecule has 0 unspecified atom stereocenters. The first-order valence-corrected chi connectivity index (χ1v) is 10.0. The Morgan fingerprint density at radius 3 is 2.89 bits per heavy atom. The average Bonchev–Trinajstić information content (AvgIpc) is 3.34. The lowest BCUT2D eigenvalue weighted by atomic mass is 10.1. The van der Waals surface area contributed by atoms with E-state index in [4.69, 9.17) is 0 Å². The zero-order valence-corrected chi connectivity index (χ0v) is 15.9. The number of hydrogen-bond acceptors (Lipinski definition) is 7. The molecule has 0 atom stereocenters. The van der Waals surface area contributed by atoms with E-state index in [1.165, 1.54) is 22.5 Å². The normalized spacial score (nSPS) is 15.7. The van der Waals surface area contributed by atoms with Crippen LogP contribution in [0.5, 0.6) is 0 Å². The van der Waals surface area contributed by atoms with Gasteiger partial charge in [0, 0.05) is 38.3 Å². The molecule has 138 valence electrons. The summed E-state index contributed by atoms with van der Waals surface area (Å²) in [6, 6.07) is 8.39. The van der Waals surface area contributed by atoms with Crippen LogP contribution >= 0.6 is 11.3 Å². The number of anilines is 2. The van der Waals surface area contributed by atoms with E-state index in [0.717, 1.165) is 54.9 Å². The standard InChI is InChI=1S/C19H20N6OS/c1-13-4-2-3-5-14(13)10-23-8-9-25-16-6-7-24(19-22-20-12-27-19)11-15(16)17(26)21-18(23)25/h2-5,12H,6-11H2,1H3. The molecule has 3 aromatic rings. The number of benzene rings is 1. The van der Waals surface area contributed by atoms with Crippen molar-refractivity contribution in [2.45, 2.75) is 33.0 Å². The van der Waals surface area contributed by atoms with Crippen LogP contribution in [0.15, 0.2) is 34.6 Å². The second kappa shape index (κ2) is 6.45. The second-order valence-electron chi connectivity index (χ2n) is 7.03. The Balaban J connectivity index is 1.47. The molecule has 2 aliphatic heterocycles. The van der Waals surface area contributed by atoms with Crippen LogP contribution in [0.1, 0.15) is 22.4 Å². The summed E-state index contributed by atoms with van der Waals surface area (Å²) in [6.07, 6.45) is 0.831. The van der Waals surface area contributed by atoms with Crippen LogP contribution in [-0.4, -0.2) is 32.8 Å². The molecule has 5 rings (SSSR count). The van der Waals surface area contributed by atoms with Gasteiger partial charge in [-0.2, -0.15) is 4.98 Å². The highest BCUT2D eigenvalue weighted by Crippen LogP contribution is 2.28. The van der Waals surface area contributed by atoms with Crippen LogP contribution < -0.4 is 15.4 Å². The number of hydrogen-bond donors (Lipinski definition) is 0. The minimum Gasteiger partial charge on any atom is -0.342 e. The summed E-state index contributed by atoms with van der Waals surface area (Å²) >= 11 is 1.50. The molecule has 0 saturated heterocycles. The maximum absolute atomic E-state index is 12.8. The van der Waals surface area contributed by atoms with Crippen molar-refractivity contribution < 1.29 is 0 Å². The summed E-state index contributed by atoms with van der Waals surface area (Å²) in [5.74, 6) is 0.811. The number of aromatic nitrogens is 4. The molecule has 27 heavy (non-hydrogen) atoms. The van der Waals surface area contributed by atoms with Crippen molar-refractivity contribution in [1.29, 1.82) is 0 Å². The van der Waals surface area contributed by atoms with Gasteiger partial charge in [-0.3, -0.25) is 4.79 Å². The predicted octanol–water partition coefficient (Wildman–Crippen LogP) is 1.99. The van der Waals surface area contributed by atoms with E-state index in [9.17, 15) is 4.79 Å². The van der Waals surface area contributed by atoms with E-state index >= 15 is 0 Å². The summed E-state index contributed by atoms with van der Waals surface area (Å²) in [5, 5.41) is 8.92. The van der Waals surface area contributed by atoms with Crippen molar-refractivity contribution >= 4 is 22.4 Å². The predicted molar refractivity (Wildman–Crippen MR) is 105 cm³/mol. The van der Waals surface area contributed by atoms with Gasteiger partial charge >= 0.3 is 0 Å². The summed E-state index contributed by atoms with van der Waals surface area (Å²) in [7, 11) is 0. The lowest BCUT2D eigenvalue weighted by molar-refractivity contribution is 0.633. The van der Waals surface area contributed by atoms with Crippen LogP contribution in [-0.2, 0) is 26.1 Å². The van der Waals surface area contributed by atoms with E-state index in [1.54, 1.807) is 5.51 Å². The SMILES string of the molecule is Cc1ccccc1CN1CCn2c1nc(=O)c1c2CCN(c2nncs2)C1. The summed E-state index contributed by atoms with van der Waals surface area (Å²) in [6.45, 7) is 6.10. The molecule has 0 radical (unpaired) electrons.